The number of benzene rings is 1. The molecule has 1 unspecified atom stereocenters. The van der Waals surface area contributed by atoms with E-state index < -0.39 is 0 Å². The van der Waals surface area contributed by atoms with Gasteiger partial charge in [-0.25, -0.2) is 4.39 Å². The first-order valence-electron chi connectivity index (χ1n) is 5.48. The van der Waals surface area contributed by atoms with E-state index >= 15 is 0 Å². The number of rotatable bonds is 6. The zero-order valence-electron chi connectivity index (χ0n) is 9.47. The molecule has 1 atom stereocenters. The summed E-state index contributed by atoms with van der Waals surface area (Å²) in [6.45, 7) is 4.55. The summed E-state index contributed by atoms with van der Waals surface area (Å²) >= 11 is 5.69. The maximum absolute atomic E-state index is 12.9. The summed E-state index contributed by atoms with van der Waals surface area (Å²) in [5, 5.41) is 3.49. The molecule has 0 saturated carbocycles. The normalized spacial score (nSPS) is 12.8. The van der Waals surface area contributed by atoms with Gasteiger partial charge in [-0.1, -0.05) is 24.6 Å². The van der Waals surface area contributed by atoms with E-state index in [1.807, 2.05) is 0 Å². The van der Waals surface area contributed by atoms with Crippen molar-refractivity contribution in [2.45, 2.75) is 13.3 Å². The van der Waals surface area contributed by atoms with Crippen LogP contribution in [0.15, 0.2) is 18.2 Å². The van der Waals surface area contributed by atoms with Crippen molar-refractivity contribution in [3.63, 3.8) is 0 Å². The third-order valence-electron chi connectivity index (χ3n) is 2.47. The lowest BCUT2D eigenvalue weighted by atomic mass is 10.1. The van der Waals surface area contributed by atoms with Crippen LogP contribution in [0.1, 0.15) is 12.5 Å². The second-order valence-electron chi connectivity index (χ2n) is 4.04. The number of halogens is 2. The monoisotopic (exact) mass is 244 g/mol. The average molecular weight is 245 g/mol. The van der Waals surface area contributed by atoms with Crippen LogP contribution < -0.4 is 11.1 Å². The van der Waals surface area contributed by atoms with Crippen LogP contribution in [0, 0.1) is 11.7 Å². The minimum Gasteiger partial charge on any atom is -0.330 e. The van der Waals surface area contributed by atoms with Gasteiger partial charge in [0.1, 0.15) is 5.82 Å². The summed E-state index contributed by atoms with van der Waals surface area (Å²) < 4.78 is 12.9. The molecule has 0 spiro atoms. The van der Waals surface area contributed by atoms with Crippen molar-refractivity contribution in [3.8, 4) is 0 Å². The Labute approximate surface area is 101 Å². The van der Waals surface area contributed by atoms with Crippen molar-refractivity contribution >= 4 is 11.6 Å². The first-order valence-corrected chi connectivity index (χ1v) is 5.86. The minimum absolute atomic E-state index is 0.188. The Bertz CT molecular complexity index is 331. The summed E-state index contributed by atoms with van der Waals surface area (Å²) in [7, 11) is 0. The number of nitrogens with one attached hydrogen (secondary N) is 1. The molecule has 4 heteroatoms. The second kappa shape index (κ2) is 6.84. The van der Waals surface area contributed by atoms with Crippen LogP contribution in [0.25, 0.3) is 0 Å². The van der Waals surface area contributed by atoms with Crippen LogP contribution in [0.2, 0.25) is 5.02 Å². The molecule has 0 aliphatic carbocycles. The lowest BCUT2D eigenvalue weighted by Gasteiger charge is -2.09. The Balaban J connectivity index is 2.29. The van der Waals surface area contributed by atoms with E-state index in [2.05, 4.69) is 12.2 Å². The maximum atomic E-state index is 12.9. The standard InChI is InChI=1S/C12H18ClFN2/c1-9(7-15)8-16-5-4-10-2-3-12(14)11(13)6-10/h2-3,6,9,16H,4-5,7-8,15H2,1H3. The first kappa shape index (κ1) is 13.4. The van der Waals surface area contributed by atoms with E-state index in [0.717, 1.165) is 25.1 Å². The third-order valence-corrected chi connectivity index (χ3v) is 2.76. The van der Waals surface area contributed by atoms with Crippen LogP contribution in [-0.2, 0) is 6.42 Å². The summed E-state index contributed by atoms with van der Waals surface area (Å²) in [5.41, 5.74) is 6.54. The summed E-state index contributed by atoms with van der Waals surface area (Å²) in [6, 6.07) is 4.83. The Kier molecular flexibility index (Phi) is 5.74. The Morgan fingerprint density at radius 3 is 2.88 bits per heavy atom. The molecule has 0 bridgehead atoms. The van der Waals surface area contributed by atoms with E-state index in [1.54, 1.807) is 12.1 Å². The molecular weight excluding hydrogens is 227 g/mol. The van der Waals surface area contributed by atoms with Crippen molar-refractivity contribution in [1.29, 1.82) is 0 Å². The molecule has 0 heterocycles. The highest BCUT2D eigenvalue weighted by Gasteiger charge is 2.01. The Hall–Kier alpha value is -0.640. The predicted octanol–water partition coefficient (Wildman–Crippen LogP) is 2.21. The van der Waals surface area contributed by atoms with E-state index in [1.165, 1.54) is 6.07 Å². The van der Waals surface area contributed by atoms with Crippen LogP contribution in [0.3, 0.4) is 0 Å². The van der Waals surface area contributed by atoms with Gasteiger partial charge in [0.05, 0.1) is 5.02 Å². The highest BCUT2D eigenvalue weighted by Crippen LogP contribution is 2.15. The van der Waals surface area contributed by atoms with Crippen LogP contribution in [0.4, 0.5) is 4.39 Å². The zero-order valence-corrected chi connectivity index (χ0v) is 10.2. The van der Waals surface area contributed by atoms with E-state index in [-0.39, 0.29) is 10.8 Å². The van der Waals surface area contributed by atoms with Gasteiger partial charge in [-0.05, 0) is 49.7 Å². The molecular formula is C12H18ClFN2. The molecule has 0 aromatic heterocycles. The molecule has 16 heavy (non-hydrogen) atoms. The fourth-order valence-corrected chi connectivity index (χ4v) is 1.56. The van der Waals surface area contributed by atoms with Crippen LogP contribution in [0.5, 0.6) is 0 Å². The van der Waals surface area contributed by atoms with Crippen molar-refractivity contribution < 1.29 is 4.39 Å². The quantitative estimate of drug-likeness (QED) is 0.753. The van der Waals surface area contributed by atoms with Gasteiger partial charge in [0.2, 0.25) is 0 Å². The zero-order chi connectivity index (χ0) is 12.0. The third kappa shape index (κ3) is 4.47. The molecule has 0 saturated heterocycles. The van der Waals surface area contributed by atoms with E-state index in [4.69, 9.17) is 17.3 Å². The molecule has 2 nitrogen and oxygen atoms in total. The number of hydrogen-bond acceptors (Lipinski definition) is 2. The van der Waals surface area contributed by atoms with Gasteiger partial charge in [0, 0.05) is 0 Å². The lowest BCUT2D eigenvalue weighted by Crippen LogP contribution is -2.27. The molecule has 1 rings (SSSR count). The van der Waals surface area contributed by atoms with Crippen molar-refractivity contribution in [3.05, 3.63) is 34.6 Å². The van der Waals surface area contributed by atoms with Crippen LogP contribution in [-0.4, -0.2) is 19.6 Å². The molecule has 0 aliphatic rings. The highest BCUT2D eigenvalue weighted by molar-refractivity contribution is 6.30. The molecule has 0 aliphatic heterocycles. The number of hydrogen-bond donors (Lipinski definition) is 2. The predicted molar refractivity (Wildman–Crippen MR) is 66.2 cm³/mol. The van der Waals surface area contributed by atoms with Gasteiger partial charge >= 0.3 is 0 Å². The molecule has 1 aromatic rings. The van der Waals surface area contributed by atoms with Gasteiger partial charge in [-0.2, -0.15) is 0 Å². The van der Waals surface area contributed by atoms with Crippen molar-refractivity contribution in [2.24, 2.45) is 11.7 Å². The van der Waals surface area contributed by atoms with E-state index in [9.17, 15) is 4.39 Å². The van der Waals surface area contributed by atoms with E-state index in [0.29, 0.717) is 12.5 Å². The number of nitrogens with two attached hydrogens (primary N) is 1. The fourth-order valence-electron chi connectivity index (χ4n) is 1.36. The lowest BCUT2D eigenvalue weighted by molar-refractivity contribution is 0.524. The summed E-state index contributed by atoms with van der Waals surface area (Å²) in [4.78, 5) is 0. The molecule has 90 valence electrons. The van der Waals surface area contributed by atoms with Gasteiger partial charge in [-0.3, -0.25) is 0 Å². The maximum Gasteiger partial charge on any atom is 0.141 e. The Morgan fingerprint density at radius 1 is 1.50 bits per heavy atom. The largest absolute Gasteiger partial charge is 0.330 e. The molecule has 0 fully saturated rings. The smallest absolute Gasteiger partial charge is 0.141 e. The second-order valence-corrected chi connectivity index (χ2v) is 4.45. The van der Waals surface area contributed by atoms with Crippen LogP contribution >= 0.6 is 11.6 Å². The van der Waals surface area contributed by atoms with Crippen molar-refractivity contribution in [2.75, 3.05) is 19.6 Å². The Morgan fingerprint density at radius 2 is 2.25 bits per heavy atom. The average Bonchev–Trinajstić information content (AvgIpc) is 2.28. The minimum atomic E-state index is -0.366. The SMILES string of the molecule is CC(CN)CNCCc1ccc(F)c(Cl)c1. The van der Waals surface area contributed by atoms with Gasteiger partial charge in [0.15, 0.2) is 0 Å². The van der Waals surface area contributed by atoms with Gasteiger partial charge < -0.3 is 11.1 Å². The first-order chi connectivity index (χ1) is 7.63. The van der Waals surface area contributed by atoms with Gasteiger partial charge in [0.25, 0.3) is 0 Å². The van der Waals surface area contributed by atoms with Crippen molar-refractivity contribution in [1.82, 2.24) is 5.32 Å². The summed E-state index contributed by atoms with van der Waals surface area (Å²) in [6.07, 6.45) is 0.845. The molecule has 3 N–H and O–H groups in total. The topological polar surface area (TPSA) is 38.0 Å². The highest BCUT2D eigenvalue weighted by atomic mass is 35.5. The summed E-state index contributed by atoms with van der Waals surface area (Å²) in [5.74, 6) is 0.118. The molecule has 1 aromatic carbocycles. The fraction of sp³-hybridized carbons (Fsp3) is 0.500. The molecule has 0 amide bonds. The van der Waals surface area contributed by atoms with Gasteiger partial charge in [-0.15, -0.1) is 0 Å². The molecule has 0 radical (unpaired) electrons.